The van der Waals surface area contributed by atoms with Gasteiger partial charge in [0.25, 0.3) is 0 Å². The van der Waals surface area contributed by atoms with Gasteiger partial charge in [0.05, 0.1) is 34.4 Å². The Balaban J connectivity index is 2.62. The lowest BCUT2D eigenvalue weighted by Crippen LogP contribution is -2.43. The monoisotopic (exact) mass is 366 g/mol. The van der Waals surface area contributed by atoms with Crippen LogP contribution in [0.15, 0.2) is 18.2 Å². The van der Waals surface area contributed by atoms with Crippen molar-refractivity contribution in [2.24, 2.45) is 0 Å². The van der Waals surface area contributed by atoms with E-state index in [0.717, 1.165) is 10.2 Å². The van der Waals surface area contributed by atoms with Crippen molar-refractivity contribution in [3.05, 3.63) is 29.3 Å². The molecular formula is C22H40NO3+. The molecule has 0 bridgehead atoms. The van der Waals surface area contributed by atoms with Crippen molar-refractivity contribution in [3.63, 3.8) is 0 Å². The van der Waals surface area contributed by atoms with Crippen molar-refractivity contribution in [2.45, 2.75) is 58.5 Å². The first-order valence-electron chi connectivity index (χ1n) is 9.54. The molecule has 0 heterocycles. The van der Waals surface area contributed by atoms with Crippen molar-refractivity contribution >= 4 is 0 Å². The number of hydrogen-bond acceptors (Lipinski definition) is 3. The van der Waals surface area contributed by atoms with Crippen molar-refractivity contribution in [1.29, 1.82) is 0 Å². The van der Waals surface area contributed by atoms with Crippen LogP contribution < -0.4 is 4.74 Å². The molecule has 4 heteroatoms. The number of ether oxygens (including phenoxy) is 2. The zero-order valence-electron chi connectivity index (χ0n) is 18.3. The second-order valence-electron chi connectivity index (χ2n) is 10.3. The maximum Gasteiger partial charge on any atom is 0.126 e. The first-order valence-corrected chi connectivity index (χ1v) is 9.54. The van der Waals surface area contributed by atoms with Gasteiger partial charge in [-0.05, 0) is 28.0 Å². The van der Waals surface area contributed by atoms with E-state index < -0.39 is 6.10 Å². The van der Waals surface area contributed by atoms with Crippen LogP contribution in [0.4, 0.5) is 0 Å². The fourth-order valence-electron chi connectivity index (χ4n) is 2.82. The first-order chi connectivity index (χ1) is 11.7. The highest BCUT2D eigenvalue weighted by Crippen LogP contribution is 2.35. The van der Waals surface area contributed by atoms with E-state index >= 15 is 0 Å². The van der Waals surface area contributed by atoms with Crippen LogP contribution in [0.25, 0.3) is 0 Å². The standard InChI is InChI=1S/C22H40NO3/c1-21(2,3)17-10-11-20(19(14-17)22(4,5)6)26-13-12-25-16-18(24)15-23(7,8)9/h10-11,14,18,24H,12-13,15-16H2,1-9H3/q+1/t18-/m0/s1. The smallest absolute Gasteiger partial charge is 0.126 e. The van der Waals surface area contributed by atoms with Crippen LogP contribution in [0.1, 0.15) is 52.7 Å². The second-order valence-corrected chi connectivity index (χ2v) is 10.3. The average molecular weight is 367 g/mol. The molecule has 0 amide bonds. The summed E-state index contributed by atoms with van der Waals surface area (Å²) in [5, 5.41) is 9.98. The molecule has 0 unspecified atom stereocenters. The summed E-state index contributed by atoms with van der Waals surface area (Å²) < 4.78 is 12.3. The summed E-state index contributed by atoms with van der Waals surface area (Å²) in [5.74, 6) is 0.918. The van der Waals surface area contributed by atoms with Gasteiger partial charge in [-0.1, -0.05) is 53.7 Å². The highest BCUT2D eigenvalue weighted by molar-refractivity contribution is 5.43. The lowest BCUT2D eigenvalue weighted by atomic mass is 9.80. The molecule has 1 aromatic rings. The van der Waals surface area contributed by atoms with Crippen LogP contribution >= 0.6 is 0 Å². The molecule has 0 aliphatic heterocycles. The predicted octanol–water partition coefficient (Wildman–Crippen LogP) is 3.74. The summed E-state index contributed by atoms with van der Waals surface area (Å²) in [6.07, 6.45) is -0.453. The molecule has 26 heavy (non-hydrogen) atoms. The van der Waals surface area contributed by atoms with Gasteiger partial charge in [-0.2, -0.15) is 0 Å². The van der Waals surface area contributed by atoms with Gasteiger partial charge in [0.2, 0.25) is 0 Å². The SMILES string of the molecule is CC(C)(C)c1ccc(OCCOC[C@@H](O)C[N+](C)(C)C)c(C(C)(C)C)c1. The van der Waals surface area contributed by atoms with Gasteiger partial charge in [-0.25, -0.2) is 0 Å². The largest absolute Gasteiger partial charge is 0.491 e. The Hall–Kier alpha value is -1.10. The molecule has 0 aliphatic carbocycles. The molecule has 0 saturated heterocycles. The van der Waals surface area contributed by atoms with E-state index in [-0.39, 0.29) is 10.8 Å². The number of aliphatic hydroxyl groups excluding tert-OH is 1. The third-order valence-corrected chi connectivity index (χ3v) is 4.21. The fourth-order valence-corrected chi connectivity index (χ4v) is 2.82. The number of likely N-dealkylation sites (N-methyl/N-ethyl adjacent to an activating group) is 1. The molecule has 1 rings (SSSR count). The molecule has 0 aliphatic rings. The highest BCUT2D eigenvalue weighted by Gasteiger charge is 2.23. The molecule has 1 aromatic carbocycles. The summed E-state index contributed by atoms with van der Waals surface area (Å²) in [6, 6.07) is 6.49. The molecule has 150 valence electrons. The van der Waals surface area contributed by atoms with Crippen LogP contribution in [0.3, 0.4) is 0 Å². The Morgan fingerprint density at radius 3 is 2.08 bits per heavy atom. The van der Waals surface area contributed by atoms with Crippen LogP contribution in [-0.4, -0.2) is 63.2 Å². The predicted molar refractivity (Wildman–Crippen MR) is 109 cm³/mol. The maximum atomic E-state index is 9.98. The van der Waals surface area contributed by atoms with Gasteiger partial charge in [-0.15, -0.1) is 0 Å². The molecular weight excluding hydrogens is 326 g/mol. The average Bonchev–Trinajstić information content (AvgIpc) is 2.42. The van der Waals surface area contributed by atoms with E-state index in [1.807, 2.05) is 0 Å². The Bertz CT molecular complexity index is 562. The summed E-state index contributed by atoms with van der Waals surface area (Å²) in [6.45, 7) is 15.3. The fraction of sp³-hybridized carbons (Fsp3) is 0.727. The molecule has 1 atom stereocenters. The number of benzene rings is 1. The third kappa shape index (κ3) is 8.07. The van der Waals surface area contributed by atoms with Gasteiger partial charge >= 0.3 is 0 Å². The molecule has 0 spiro atoms. The topological polar surface area (TPSA) is 38.7 Å². The van der Waals surface area contributed by atoms with E-state index in [1.165, 1.54) is 11.1 Å². The summed E-state index contributed by atoms with van der Waals surface area (Å²) in [7, 11) is 6.17. The van der Waals surface area contributed by atoms with Gasteiger partial charge in [0.1, 0.15) is 25.0 Å². The van der Waals surface area contributed by atoms with Gasteiger partial charge < -0.3 is 19.1 Å². The van der Waals surface area contributed by atoms with Crippen LogP contribution in [0, 0.1) is 0 Å². The second kappa shape index (κ2) is 8.73. The van der Waals surface area contributed by atoms with Gasteiger partial charge in [0, 0.05) is 0 Å². The number of rotatable bonds is 8. The Morgan fingerprint density at radius 2 is 1.58 bits per heavy atom. The molecule has 0 radical (unpaired) electrons. The first kappa shape index (κ1) is 22.9. The van der Waals surface area contributed by atoms with Crippen LogP contribution in [-0.2, 0) is 15.6 Å². The minimum absolute atomic E-state index is 0.0122. The lowest BCUT2D eigenvalue weighted by molar-refractivity contribution is -0.873. The number of nitrogens with zero attached hydrogens (tertiary/aromatic N) is 1. The Labute approximate surface area is 160 Å². The number of aliphatic hydroxyl groups is 1. The maximum absolute atomic E-state index is 9.98. The van der Waals surface area contributed by atoms with Crippen molar-refractivity contribution in [3.8, 4) is 5.75 Å². The third-order valence-electron chi connectivity index (χ3n) is 4.21. The zero-order chi connectivity index (χ0) is 20.2. The minimum Gasteiger partial charge on any atom is -0.491 e. The summed E-state index contributed by atoms with van der Waals surface area (Å²) in [5.41, 5.74) is 2.66. The molecule has 0 saturated carbocycles. The highest BCUT2D eigenvalue weighted by atomic mass is 16.5. The van der Waals surface area contributed by atoms with E-state index in [1.54, 1.807) is 0 Å². The summed E-state index contributed by atoms with van der Waals surface area (Å²) >= 11 is 0. The summed E-state index contributed by atoms with van der Waals surface area (Å²) in [4.78, 5) is 0. The van der Waals surface area contributed by atoms with Gasteiger partial charge in [-0.3, -0.25) is 0 Å². The van der Waals surface area contributed by atoms with Gasteiger partial charge in [0.15, 0.2) is 0 Å². The van der Waals surface area contributed by atoms with Crippen molar-refractivity contribution < 1.29 is 19.1 Å². The van der Waals surface area contributed by atoms with Crippen molar-refractivity contribution in [1.82, 2.24) is 0 Å². The quantitative estimate of drug-likeness (QED) is 0.563. The molecule has 0 aromatic heterocycles. The van der Waals surface area contributed by atoms with E-state index in [2.05, 4.69) is 80.9 Å². The van der Waals surface area contributed by atoms with E-state index in [4.69, 9.17) is 9.47 Å². The van der Waals surface area contributed by atoms with Crippen LogP contribution in [0.2, 0.25) is 0 Å². The number of quaternary nitrogens is 1. The molecule has 0 fully saturated rings. The number of hydrogen-bond donors (Lipinski definition) is 1. The van der Waals surface area contributed by atoms with Crippen molar-refractivity contribution in [2.75, 3.05) is 47.5 Å². The molecule has 1 N–H and O–H groups in total. The Morgan fingerprint density at radius 1 is 0.962 bits per heavy atom. The zero-order valence-corrected chi connectivity index (χ0v) is 18.3. The van der Waals surface area contributed by atoms with Crippen LogP contribution in [0.5, 0.6) is 5.75 Å². The normalized spacial score (nSPS) is 14.4. The molecule has 4 nitrogen and oxygen atoms in total. The Kier molecular flexibility index (Phi) is 7.70. The minimum atomic E-state index is -0.453. The van der Waals surface area contributed by atoms with E-state index in [9.17, 15) is 5.11 Å². The van der Waals surface area contributed by atoms with E-state index in [0.29, 0.717) is 26.4 Å². The lowest BCUT2D eigenvalue weighted by Gasteiger charge is -2.27.